The lowest BCUT2D eigenvalue weighted by Gasteiger charge is -2.11. The fourth-order valence-electron chi connectivity index (χ4n) is 1.97. The van der Waals surface area contributed by atoms with Crippen molar-refractivity contribution >= 4 is 35.5 Å². The van der Waals surface area contributed by atoms with E-state index in [0.29, 0.717) is 22.1 Å². The third-order valence-corrected chi connectivity index (χ3v) is 4.74. The van der Waals surface area contributed by atoms with E-state index in [0.717, 1.165) is 28.2 Å². The third kappa shape index (κ3) is 9.13. The highest BCUT2D eigenvalue weighted by Gasteiger charge is 2.09. The van der Waals surface area contributed by atoms with Crippen LogP contribution in [0, 0.1) is 5.82 Å². The number of amides is 1. The van der Waals surface area contributed by atoms with Crippen LogP contribution < -0.4 is 11.2 Å². The first-order valence-electron chi connectivity index (χ1n) is 8.72. The van der Waals surface area contributed by atoms with Crippen LogP contribution >= 0.6 is 23.4 Å². The fourth-order valence-corrected chi connectivity index (χ4v) is 3.34. The molecule has 1 amide bonds. The number of hydrogen-bond acceptors (Lipinski definition) is 4. The van der Waals surface area contributed by atoms with E-state index in [2.05, 4.69) is 12.2 Å². The van der Waals surface area contributed by atoms with Crippen molar-refractivity contribution in [1.82, 2.24) is 5.01 Å². The number of nitrogens with two attached hydrogens (primary N) is 1. The summed E-state index contributed by atoms with van der Waals surface area (Å²) in [5, 5.41) is 4.77. The smallest absolute Gasteiger partial charge is 0.223 e. The van der Waals surface area contributed by atoms with Gasteiger partial charge in [-0.05, 0) is 36.2 Å². The average Bonchev–Trinajstić information content (AvgIpc) is 2.69. The summed E-state index contributed by atoms with van der Waals surface area (Å²) in [6.07, 6.45) is 1.43. The zero-order valence-electron chi connectivity index (χ0n) is 16.6. The number of hydrogen-bond donors (Lipinski definition) is 2. The van der Waals surface area contributed by atoms with E-state index in [1.807, 2.05) is 51.2 Å². The molecule has 0 atom stereocenters. The number of benzene rings is 2. The summed E-state index contributed by atoms with van der Waals surface area (Å²) in [4.78, 5) is 9.98. The molecule has 4 nitrogen and oxygen atoms in total. The van der Waals surface area contributed by atoms with Gasteiger partial charge in [-0.2, -0.15) is 0 Å². The molecule has 0 spiro atoms. The molecule has 0 saturated carbocycles. The molecule has 0 aliphatic heterocycles. The number of rotatable bonds is 6. The van der Waals surface area contributed by atoms with E-state index in [4.69, 9.17) is 17.4 Å². The average molecular weight is 414 g/mol. The molecule has 2 rings (SSSR count). The van der Waals surface area contributed by atoms with Gasteiger partial charge in [-0.1, -0.05) is 44.5 Å². The van der Waals surface area contributed by atoms with Crippen LogP contribution in [-0.2, 0) is 17.0 Å². The monoisotopic (exact) mass is 413 g/mol. The molecule has 0 radical (unpaired) electrons. The molecule has 7 heteroatoms. The Morgan fingerprint density at radius 1 is 1.30 bits per heavy atom. The predicted molar refractivity (Wildman–Crippen MR) is 116 cm³/mol. The van der Waals surface area contributed by atoms with Gasteiger partial charge in [0.05, 0.1) is 0 Å². The molecule has 0 aliphatic rings. The number of carbonyl (C=O) groups excluding carboxylic acids is 1. The van der Waals surface area contributed by atoms with Crippen molar-refractivity contribution < 1.29 is 9.18 Å². The molecule has 0 aliphatic carbocycles. The standard InChI is InChI=1S/C16H17ClFNS.C2H6N2O.C2H6/c1-3-11-7-8-14(18)16(9-11)20-10-12-13(17)5-4-6-15(12)19-2;1-4(3)2-5;1-2/h4-9,19H,3,10H2,1-2H3;2H,3H2,1H3;1-2H3. The summed E-state index contributed by atoms with van der Waals surface area (Å²) >= 11 is 7.70. The van der Waals surface area contributed by atoms with Crippen molar-refractivity contribution in [2.24, 2.45) is 5.84 Å². The Hall–Kier alpha value is -1.76. The van der Waals surface area contributed by atoms with Gasteiger partial charge in [0, 0.05) is 41.0 Å². The van der Waals surface area contributed by atoms with Gasteiger partial charge in [0.15, 0.2) is 0 Å². The van der Waals surface area contributed by atoms with Gasteiger partial charge >= 0.3 is 0 Å². The van der Waals surface area contributed by atoms with Gasteiger partial charge < -0.3 is 5.32 Å². The first-order valence-corrected chi connectivity index (χ1v) is 10.1. The van der Waals surface area contributed by atoms with Gasteiger partial charge in [-0.15, -0.1) is 11.8 Å². The first kappa shape index (κ1) is 25.2. The highest BCUT2D eigenvalue weighted by Crippen LogP contribution is 2.33. The van der Waals surface area contributed by atoms with E-state index >= 15 is 0 Å². The Labute approximate surface area is 171 Å². The molecule has 3 N–H and O–H groups in total. The summed E-state index contributed by atoms with van der Waals surface area (Å²) in [5.41, 5.74) is 3.13. The molecule has 0 unspecified atom stereocenters. The Bertz CT molecular complexity index is 699. The number of halogens is 2. The van der Waals surface area contributed by atoms with E-state index in [-0.39, 0.29) is 5.82 Å². The Kier molecular flexibility index (Phi) is 13.4. The summed E-state index contributed by atoms with van der Waals surface area (Å²) in [6, 6.07) is 11.0. The lowest BCUT2D eigenvalue weighted by Crippen LogP contribution is -2.23. The SMILES string of the molecule is CC.CCc1ccc(F)c(SCc2c(Cl)cccc2NC)c1.CN(N)C=O. The maximum atomic E-state index is 13.8. The largest absolute Gasteiger partial charge is 0.388 e. The molecule has 0 fully saturated rings. The minimum atomic E-state index is -0.176. The van der Waals surface area contributed by atoms with Crippen molar-refractivity contribution in [3.63, 3.8) is 0 Å². The Balaban J connectivity index is 0.000000838. The number of thioether (sulfide) groups is 1. The van der Waals surface area contributed by atoms with E-state index < -0.39 is 0 Å². The number of nitrogens with zero attached hydrogens (tertiary/aromatic N) is 1. The van der Waals surface area contributed by atoms with Crippen molar-refractivity contribution in [1.29, 1.82) is 0 Å². The first-order chi connectivity index (χ1) is 12.9. The zero-order chi connectivity index (χ0) is 20.8. The van der Waals surface area contributed by atoms with E-state index in [9.17, 15) is 9.18 Å². The van der Waals surface area contributed by atoms with Crippen LogP contribution in [0.15, 0.2) is 41.3 Å². The second-order valence-electron chi connectivity index (χ2n) is 5.19. The molecule has 2 aromatic rings. The molecule has 0 saturated heterocycles. The predicted octanol–water partition coefficient (Wildman–Crippen LogP) is 5.35. The van der Waals surface area contributed by atoms with Gasteiger partial charge in [0.25, 0.3) is 0 Å². The topological polar surface area (TPSA) is 58.4 Å². The van der Waals surface area contributed by atoms with Crippen LogP contribution in [0.25, 0.3) is 0 Å². The summed E-state index contributed by atoms with van der Waals surface area (Å²) < 4.78 is 13.8. The lowest BCUT2D eigenvalue weighted by molar-refractivity contribution is -0.117. The normalized spacial score (nSPS) is 9.33. The summed E-state index contributed by atoms with van der Waals surface area (Å²) in [6.45, 7) is 6.06. The maximum Gasteiger partial charge on any atom is 0.223 e. The molecular formula is C20H29ClFN3OS. The van der Waals surface area contributed by atoms with Crippen LogP contribution in [0.5, 0.6) is 0 Å². The summed E-state index contributed by atoms with van der Waals surface area (Å²) in [5.74, 6) is 5.22. The molecule has 150 valence electrons. The second kappa shape index (κ2) is 14.3. The van der Waals surface area contributed by atoms with Crippen LogP contribution in [0.2, 0.25) is 5.02 Å². The molecule has 0 aromatic heterocycles. The molecular weight excluding hydrogens is 385 g/mol. The maximum absolute atomic E-state index is 13.8. The van der Waals surface area contributed by atoms with Gasteiger partial charge in [0.2, 0.25) is 6.41 Å². The highest BCUT2D eigenvalue weighted by molar-refractivity contribution is 7.98. The van der Waals surface area contributed by atoms with Gasteiger partial charge in [-0.3, -0.25) is 9.80 Å². The van der Waals surface area contributed by atoms with Crippen LogP contribution in [0.4, 0.5) is 10.1 Å². The Morgan fingerprint density at radius 2 is 1.93 bits per heavy atom. The van der Waals surface area contributed by atoms with Crippen molar-refractivity contribution in [2.75, 3.05) is 19.4 Å². The lowest BCUT2D eigenvalue weighted by atomic mass is 10.2. The number of hydrazine groups is 1. The van der Waals surface area contributed by atoms with Crippen LogP contribution in [0.3, 0.4) is 0 Å². The minimum Gasteiger partial charge on any atom is -0.388 e. The second-order valence-corrected chi connectivity index (χ2v) is 6.62. The number of anilines is 1. The Morgan fingerprint density at radius 3 is 2.44 bits per heavy atom. The van der Waals surface area contributed by atoms with Gasteiger partial charge in [-0.25, -0.2) is 10.2 Å². The van der Waals surface area contributed by atoms with Gasteiger partial charge in [0.1, 0.15) is 5.82 Å². The highest BCUT2D eigenvalue weighted by atomic mass is 35.5. The minimum absolute atomic E-state index is 0.176. The van der Waals surface area contributed by atoms with Crippen LogP contribution in [-0.4, -0.2) is 25.5 Å². The number of nitrogens with one attached hydrogen (secondary N) is 1. The summed E-state index contributed by atoms with van der Waals surface area (Å²) in [7, 11) is 3.32. The fraction of sp³-hybridized carbons (Fsp3) is 0.350. The van der Waals surface area contributed by atoms with Crippen molar-refractivity contribution in [3.8, 4) is 0 Å². The molecule has 0 bridgehead atoms. The third-order valence-electron chi connectivity index (χ3n) is 3.33. The number of aryl methyl sites for hydroxylation is 1. The number of carbonyl (C=O) groups is 1. The molecule has 27 heavy (non-hydrogen) atoms. The van der Waals surface area contributed by atoms with Crippen molar-refractivity contribution in [3.05, 3.63) is 58.4 Å². The van der Waals surface area contributed by atoms with E-state index in [1.54, 1.807) is 0 Å². The molecule has 0 heterocycles. The van der Waals surface area contributed by atoms with Crippen molar-refractivity contribution in [2.45, 2.75) is 37.8 Å². The van der Waals surface area contributed by atoms with E-state index in [1.165, 1.54) is 24.9 Å². The van der Waals surface area contributed by atoms with Crippen LogP contribution in [0.1, 0.15) is 31.9 Å². The quantitative estimate of drug-likeness (QED) is 0.220. The molecule has 2 aromatic carbocycles. The zero-order valence-corrected chi connectivity index (χ0v) is 18.1.